The van der Waals surface area contributed by atoms with Crippen molar-refractivity contribution in [2.75, 3.05) is 43.1 Å². The Bertz CT molecular complexity index is 1000. The highest BCUT2D eigenvalue weighted by molar-refractivity contribution is 5.56. The van der Waals surface area contributed by atoms with E-state index in [0.717, 1.165) is 37.6 Å². The number of halogens is 1. The standard InChI is InChI=1S/C26H29FN2O3/c1-2-31-25-9-5-7-20(26(25)32-19-21-6-3-4-8-24(21)27)18-28-22-10-12-23(13-11-22)29-14-16-30-17-15-29/h3-13,28H,2,14-19H2,1H3. The molecule has 3 aromatic rings. The molecule has 3 aromatic carbocycles. The first-order chi connectivity index (χ1) is 15.7. The van der Waals surface area contributed by atoms with E-state index in [-0.39, 0.29) is 12.4 Å². The van der Waals surface area contributed by atoms with Gasteiger partial charge in [0.2, 0.25) is 0 Å². The lowest BCUT2D eigenvalue weighted by Crippen LogP contribution is -2.36. The Balaban J connectivity index is 1.45. The van der Waals surface area contributed by atoms with E-state index in [9.17, 15) is 4.39 Å². The number of nitrogens with one attached hydrogen (secondary N) is 1. The Morgan fingerprint density at radius 2 is 1.66 bits per heavy atom. The summed E-state index contributed by atoms with van der Waals surface area (Å²) in [7, 11) is 0. The van der Waals surface area contributed by atoms with Crippen molar-refractivity contribution in [1.82, 2.24) is 0 Å². The van der Waals surface area contributed by atoms with Gasteiger partial charge in [-0.3, -0.25) is 0 Å². The summed E-state index contributed by atoms with van der Waals surface area (Å²) in [6.45, 7) is 6.52. The maximum atomic E-state index is 14.0. The average molecular weight is 437 g/mol. The molecule has 0 spiro atoms. The monoisotopic (exact) mass is 436 g/mol. The third-order valence-corrected chi connectivity index (χ3v) is 5.42. The first-order valence-corrected chi connectivity index (χ1v) is 11.0. The second-order valence-corrected chi connectivity index (χ2v) is 7.56. The molecule has 4 rings (SSSR count). The minimum absolute atomic E-state index is 0.137. The van der Waals surface area contributed by atoms with E-state index in [1.807, 2.05) is 25.1 Å². The van der Waals surface area contributed by atoms with E-state index >= 15 is 0 Å². The van der Waals surface area contributed by atoms with Crippen LogP contribution in [0, 0.1) is 5.82 Å². The summed E-state index contributed by atoms with van der Waals surface area (Å²) in [6.07, 6.45) is 0. The van der Waals surface area contributed by atoms with Crippen LogP contribution in [0.4, 0.5) is 15.8 Å². The van der Waals surface area contributed by atoms with E-state index in [4.69, 9.17) is 14.2 Å². The van der Waals surface area contributed by atoms with Crippen LogP contribution in [-0.2, 0) is 17.9 Å². The number of rotatable bonds is 9. The SMILES string of the molecule is CCOc1cccc(CNc2ccc(N3CCOCC3)cc2)c1OCc1ccccc1F. The van der Waals surface area contributed by atoms with Crippen LogP contribution in [0.15, 0.2) is 66.7 Å². The van der Waals surface area contributed by atoms with E-state index in [0.29, 0.717) is 30.2 Å². The van der Waals surface area contributed by atoms with Crippen LogP contribution in [0.2, 0.25) is 0 Å². The van der Waals surface area contributed by atoms with E-state index in [2.05, 4.69) is 34.5 Å². The van der Waals surface area contributed by atoms with E-state index in [1.165, 1.54) is 11.8 Å². The van der Waals surface area contributed by atoms with Crippen molar-refractivity contribution in [3.8, 4) is 11.5 Å². The van der Waals surface area contributed by atoms with Crippen LogP contribution >= 0.6 is 0 Å². The molecule has 1 aliphatic heterocycles. The molecule has 0 radical (unpaired) electrons. The first-order valence-electron chi connectivity index (χ1n) is 11.0. The molecule has 0 amide bonds. The fraction of sp³-hybridized carbons (Fsp3) is 0.308. The summed E-state index contributed by atoms with van der Waals surface area (Å²) in [5, 5.41) is 3.46. The van der Waals surface area contributed by atoms with Crippen molar-refractivity contribution in [2.45, 2.75) is 20.1 Å². The average Bonchev–Trinajstić information content (AvgIpc) is 2.84. The minimum atomic E-state index is -0.276. The van der Waals surface area contributed by atoms with Crippen LogP contribution in [0.3, 0.4) is 0 Å². The molecule has 1 heterocycles. The van der Waals surface area contributed by atoms with Gasteiger partial charge in [0, 0.05) is 42.1 Å². The quantitative estimate of drug-likeness (QED) is 0.496. The highest BCUT2D eigenvalue weighted by Crippen LogP contribution is 2.33. The molecule has 0 aliphatic carbocycles. The van der Waals surface area contributed by atoms with Gasteiger partial charge in [-0.05, 0) is 43.3 Å². The summed E-state index contributed by atoms with van der Waals surface area (Å²) >= 11 is 0. The van der Waals surface area contributed by atoms with Crippen LogP contribution in [0.1, 0.15) is 18.1 Å². The fourth-order valence-corrected chi connectivity index (χ4v) is 3.71. The van der Waals surface area contributed by atoms with Gasteiger partial charge in [-0.1, -0.05) is 30.3 Å². The highest BCUT2D eigenvalue weighted by atomic mass is 19.1. The largest absolute Gasteiger partial charge is 0.490 e. The Kier molecular flexibility index (Phi) is 7.46. The molecule has 0 saturated carbocycles. The van der Waals surface area contributed by atoms with Crippen LogP contribution in [-0.4, -0.2) is 32.9 Å². The second-order valence-electron chi connectivity index (χ2n) is 7.56. The van der Waals surface area contributed by atoms with Crippen molar-refractivity contribution in [2.24, 2.45) is 0 Å². The number of hydrogen-bond acceptors (Lipinski definition) is 5. The Morgan fingerprint density at radius 3 is 2.41 bits per heavy atom. The van der Waals surface area contributed by atoms with E-state index in [1.54, 1.807) is 18.2 Å². The maximum Gasteiger partial charge on any atom is 0.166 e. The van der Waals surface area contributed by atoms with Crippen molar-refractivity contribution in [3.05, 3.63) is 83.7 Å². The Hall–Kier alpha value is -3.25. The molecule has 6 heteroatoms. The van der Waals surface area contributed by atoms with Gasteiger partial charge in [-0.2, -0.15) is 0 Å². The minimum Gasteiger partial charge on any atom is -0.490 e. The van der Waals surface area contributed by atoms with Crippen LogP contribution < -0.4 is 19.7 Å². The predicted molar refractivity (Wildman–Crippen MR) is 125 cm³/mol. The zero-order chi connectivity index (χ0) is 22.2. The number of ether oxygens (including phenoxy) is 3. The topological polar surface area (TPSA) is 43.0 Å². The van der Waals surface area contributed by atoms with Crippen molar-refractivity contribution in [1.29, 1.82) is 0 Å². The number of anilines is 2. The van der Waals surface area contributed by atoms with Crippen LogP contribution in [0.5, 0.6) is 11.5 Å². The number of nitrogens with zero attached hydrogens (tertiary/aromatic N) is 1. The lowest BCUT2D eigenvalue weighted by Gasteiger charge is -2.29. The van der Waals surface area contributed by atoms with Gasteiger partial charge in [0.25, 0.3) is 0 Å². The zero-order valence-corrected chi connectivity index (χ0v) is 18.4. The Labute approximate surface area is 188 Å². The second kappa shape index (κ2) is 10.9. The van der Waals surface area contributed by atoms with E-state index < -0.39 is 0 Å². The lowest BCUT2D eigenvalue weighted by molar-refractivity contribution is 0.122. The van der Waals surface area contributed by atoms with Gasteiger partial charge in [-0.25, -0.2) is 4.39 Å². The molecule has 1 aliphatic rings. The Morgan fingerprint density at radius 1 is 0.906 bits per heavy atom. The van der Waals surface area contributed by atoms with Gasteiger partial charge < -0.3 is 24.4 Å². The van der Waals surface area contributed by atoms with Gasteiger partial charge in [0.1, 0.15) is 12.4 Å². The molecule has 1 fully saturated rings. The third-order valence-electron chi connectivity index (χ3n) is 5.42. The summed E-state index contributed by atoms with van der Waals surface area (Å²) in [4.78, 5) is 2.33. The molecule has 32 heavy (non-hydrogen) atoms. The molecule has 0 atom stereocenters. The summed E-state index contributed by atoms with van der Waals surface area (Å²) in [5.41, 5.74) is 3.68. The molecule has 0 aromatic heterocycles. The van der Waals surface area contributed by atoms with Crippen LogP contribution in [0.25, 0.3) is 0 Å². The van der Waals surface area contributed by atoms with Crippen molar-refractivity contribution >= 4 is 11.4 Å². The molecule has 1 N–H and O–H groups in total. The molecule has 5 nitrogen and oxygen atoms in total. The first kappa shape index (κ1) is 22.0. The van der Waals surface area contributed by atoms with Crippen molar-refractivity contribution < 1.29 is 18.6 Å². The summed E-state index contributed by atoms with van der Waals surface area (Å²) < 4.78 is 31.3. The molecular formula is C26H29FN2O3. The predicted octanol–water partition coefficient (Wildman–Crippen LogP) is 5.25. The van der Waals surface area contributed by atoms with Gasteiger partial charge >= 0.3 is 0 Å². The third kappa shape index (κ3) is 5.51. The molecular weight excluding hydrogens is 407 g/mol. The van der Waals surface area contributed by atoms with Crippen molar-refractivity contribution in [3.63, 3.8) is 0 Å². The van der Waals surface area contributed by atoms with Gasteiger partial charge in [0.05, 0.1) is 19.8 Å². The normalized spacial score (nSPS) is 13.6. The number of morpholine rings is 1. The molecule has 1 saturated heterocycles. The zero-order valence-electron chi connectivity index (χ0n) is 18.4. The smallest absolute Gasteiger partial charge is 0.166 e. The number of hydrogen-bond donors (Lipinski definition) is 1. The van der Waals surface area contributed by atoms with Gasteiger partial charge in [-0.15, -0.1) is 0 Å². The lowest BCUT2D eigenvalue weighted by atomic mass is 10.1. The number of benzene rings is 3. The summed E-state index contributed by atoms with van der Waals surface area (Å²) in [5.74, 6) is 1.02. The summed E-state index contributed by atoms with van der Waals surface area (Å²) in [6, 6.07) is 20.9. The van der Waals surface area contributed by atoms with Gasteiger partial charge in [0.15, 0.2) is 11.5 Å². The fourth-order valence-electron chi connectivity index (χ4n) is 3.71. The molecule has 0 bridgehead atoms. The highest BCUT2D eigenvalue weighted by Gasteiger charge is 2.14. The maximum absolute atomic E-state index is 14.0. The molecule has 0 unspecified atom stereocenters. The molecule has 168 valence electrons. The number of para-hydroxylation sites is 1.